The number of pyridine rings is 1. The van der Waals surface area contributed by atoms with Crippen LogP contribution in [0.25, 0.3) is 0 Å². The van der Waals surface area contributed by atoms with Crippen molar-refractivity contribution in [3.05, 3.63) is 52.7 Å². The molecule has 0 fully saturated rings. The van der Waals surface area contributed by atoms with Crippen molar-refractivity contribution < 1.29 is 4.79 Å². The molecule has 1 heterocycles. The number of hydrogen-bond acceptors (Lipinski definition) is 3. The molecular weight excluding hydrogens is 262 g/mol. The molecule has 1 aromatic carbocycles. The summed E-state index contributed by atoms with van der Waals surface area (Å²) in [4.78, 5) is 18.7. The zero-order valence-corrected chi connectivity index (χ0v) is 13.2. The van der Waals surface area contributed by atoms with Crippen LogP contribution in [0, 0.1) is 20.8 Å². The van der Waals surface area contributed by atoms with Crippen molar-refractivity contribution in [2.75, 3.05) is 24.3 Å². The largest absolute Gasteiger partial charge is 0.373 e. The second kappa shape index (κ2) is 5.95. The Morgan fingerprint density at radius 3 is 2.48 bits per heavy atom. The molecule has 2 rings (SSSR count). The first kappa shape index (κ1) is 15.0. The van der Waals surface area contributed by atoms with Gasteiger partial charge in [0.15, 0.2) is 0 Å². The molecule has 0 saturated carbocycles. The quantitative estimate of drug-likeness (QED) is 0.939. The topological polar surface area (TPSA) is 45.2 Å². The van der Waals surface area contributed by atoms with Gasteiger partial charge in [-0.1, -0.05) is 17.7 Å². The maximum absolute atomic E-state index is 12.7. The summed E-state index contributed by atoms with van der Waals surface area (Å²) >= 11 is 0. The second-order valence-corrected chi connectivity index (χ2v) is 5.29. The Bertz CT molecular complexity index is 680. The lowest BCUT2D eigenvalue weighted by Crippen LogP contribution is -2.27. The standard InChI is InChI=1S/C17H21N3O/c1-11-6-7-15(12(2)8-11)20(5)17(21)14-9-13(3)19-16(10-14)18-4/h6-10H,1-5H3,(H,18,19). The Morgan fingerprint density at radius 1 is 1.14 bits per heavy atom. The smallest absolute Gasteiger partial charge is 0.258 e. The van der Waals surface area contributed by atoms with Crippen molar-refractivity contribution in [1.29, 1.82) is 0 Å². The van der Waals surface area contributed by atoms with Gasteiger partial charge in [0.2, 0.25) is 0 Å². The minimum atomic E-state index is -0.0380. The summed E-state index contributed by atoms with van der Waals surface area (Å²) in [5.74, 6) is 0.663. The molecule has 4 nitrogen and oxygen atoms in total. The molecule has 0 radical (unpaired) electrons. The summed E-state index contributed by atoms with van der Waals surface area (Å²) in [6.07, 6.45) is 0. The molecule has 0 aliphatic rings. The molecule has 1 amide bonds. The van der Waals surface area contributed by atoms with Gasteiger partial charge in [0.05, 0.1) is 0 Å². The summed E-state index contributed by atoms with van der Waals surface area (Å²) in [5.41, 5.74) is 4.65. The van der Waals surface area contributed by atoms with Crippen molar-refractivity contribution in [3.63, 3.8) is 0 Å². The molecule has 0 atom stereocenters. The van der Waals surface area contributed by atoms with Gasteiger partial charge in [0.25, 0.3) is 5.91 Å². The first-order valence-electron chi connectivity index (χ1n) is 6.94. The maximum Gasteiger partial charge on any atom is 0.258 e. The van der Waals surface area contributed by atoms with Crippen LogP contribution in [-0.4, -0.2) is 25.0 Å². The lowest BCUT2D eigenvalue weighted by atomic mass is 10.1. The average molecular weight is 283 g/mol. The van der Waals surface area contributed by atoms with Crippen LogP contribution in [-0.2, 0) is 0 Å². The molecule has 0 unspecified atom stereocenters. The summed E-state index contributed by atoms with van der Waals surface area (Å²) in [6.45, 7) is 5.95. The van der Waals surface area contributed by atoms with E-state index in [4.69, 9.17) is 0 Å². The number of anilines is 2. The molecule has 4 heteroatoms. The third-order valence-corrected chi connectivity index (χ3v) is 3.47. The van der Waals surface area contributed by atoms with Crippen molar-refractivity contribution >= 4 is 17.4 Å². The number of hydrogen-bond donors (Lipinski definition) is 1. The van der Waals surface area contributed by atoms with Gasteiger partial charge in [-0.25, -0.2) is 4.98 Å². The van der Waals surface area contributed by atoms with Crippen LogP contribution in [0.1, 0.15) is 27.2 Å². The van der Waals surface area contributed by atoms with Crippen molar-refractivity contribution in [2.24, 2.45) is 0 Å². The first-order valence-corrected chi connectivity index (χ1v) is 6.94. The highest BCUT2D eigenvalue weighted by Crippen LogP contribution is 2.22. The van der Waals surface area contributed by atoms with Gasteiger partial charge in [-0.15, -0.1) is 0 Å². The second-order valence-electron chi connectivity index (χ2n) is 5.29. The summed E-state index contributed by atoms with van der Waals surface area (Å²) in [6, 6.07) is 9.66. The summed E-state index contributed by atoms with van der Waals surface area (Å²) in [5, 5.41) is 2.98. The monoisotopic (exact) mass is 283 g/mol. The van der Waals surface area contributed by atoms with E-state index in [2.05, 4.69) is 16.4 Å². The van der Waals surface area contributed by atoms with E-state index in [9.17, 15) is 4.79 Å². The molecule has 2 aromatic rings. The van der Waals surface area contributed by atoms with Gasteiger partial charge in [-0.05, 0) is 44.5 Å². The van der Waals surface area contributed by atoms with Gasteiger partial charge >= 0.3 is 0 Å². The van der Waals surface area contributed by atoms with Gasteiger partial charge in [0.1, 0.15) is 5.82 Å². The van der Waals surface area contributed by atoms with E-state index in [1.54, 1.807) is 25.1 Å². The molecule has 0 saturated heterocycles. The summed E-state index contributed by atoms with van der Waals surface area (Å²) < 4.78 is 0. The molecule has 1 aromatic heterocycles. The van der Waals surface area contributed by atoms with E-state index >= 15 is 0 Å². The molecule has 0 bridgehead atoms. The fourth-order valence-corrected chi connectivity index (χ4v) is 2.40. The zero-order chi connectivity index (χ0) is 15.6. The van der Waals surface area contributed by atoms with E-state index in [1.807, 2.05) is 39.0 Å². The number of aromatic nitrogens is 1. The Labute approximate surface area is 125 Å². The minimum Gasteiger partial charge on any atom is -0.373 e. The average Bonchev–Trinajstić information content (AvgIpc) is 2.45. The lowest BCUT2D eigenvalue weighted by Gasteiger charge is -2.20. The molecule has 0 aliphatic heterocycles. The molecule has 1 N–H and O–H groups in total. The first-order chi connectivity index (χ1) is 9.92. The Kier molecular flexibility index (Phi) is 4.26. The van der Waals surface area contributed by atoms with Crippen molar-refractivity contribution in [3.8, 4) is 0 Å². The van der Waals surface area contributed by atoms with Crippen molar-refractivity contribution in [2.45, 2.75) is 20.8 Å². The van der Waals surface area contributed by atoms with Gasteiger partial charge in [-0.2, -0.15) is 0 Å². The molecule has 110 valence electrons. The predicted octanol–water partition coefficient (Wildman–Crippen LogP) is 3.33. The number of nitrogens with one attached hydrogen (secondary N) is 1. The fourth-order valence-electron chi connectivity index (χ4n) is 2.40. The van der Waals surface area contributed by atoms with E-state index in [-0.39, 0.29) is 5.91 Å². The number of amides is 1. The molecule has 0 spiro atoms. The third-order valence-electron chi connectivity index (χ3n) is 3.47. The number of carbonyl (C=O) groups excluding carboxylic acids is 1. The van der Waals surface area contributed by atoms with Crippen LogP contribution < -0.4 is 10.2 Å². The van der Waals surface area contributed by atoms with E-state index in [0.717, 1.165) is 16.9 Å². The predicted molar refractivity (Wildman–Crippen MR) is 87.2 cm³/mol. The number of rotatable bonds is 3. The maximum atomic E-state index is 12.7. The lowest BCUT2D eigenvalue weighted by molar-refractivity contribution is 0.0992. The SMILES string of the molecule is CNc1cc(C(=O)N(C)c2ccc(C)cc2C)cc(C)n1. The Balaban J connectivity index is 2.37. The highest BCUT2D eigenvalue weighted by atomic mass is 16.2. The van der Waals surface area contributed by atoms with Crippen LogP contribution in [0.2, 0.25) is 0 Å². The van der Waals surface area contributed by atoms with Gasteiger partial charge in [-0.3, -0.25) is 4.79 Å². The van der Waals surface area contributed by atoms with Crippen molar-refractivity contribution in [1.82, 2.24) is 4.98 Å². The van der Waals surface area contributed by atoms with Crippen LogP contribution in [0.5, 0.6) is 0 Å². The third kappa shape index (κ3) is 3.21. The molecule has 21 heavy (non-hydrogen) atoms. The van der Waals surface area contributed by atoms with Crippen LogP contribution in [0.4, 0.5) is 11.5 Å². The summed E-state index contributed by atoms with van der Waals surface area (Å²) in [7, 11) is 3.60. The van der Waals surface area contributed by atoms with Gasteiger partial charge in [0, 0.05) is 31.0 Å². The van der Waals surface area contributed by atoms with Crippen LogP contribution >= 0.6 is 0 Å². The van der Waals surface area contributed by atoms with Gasteiger partial charge < -0.3 is 10.2 Å². The normalized spacial score (nSPS) is 10.3. The van der Waals surface area contributed by atoms with E-state index in [0.29, 0.717) is 11.4 Å². The Hall–Kier alpha value is -2.36. The fraction of sp³-hybridized carbons (Fsp3) is 0.294. The molecule has 0 aliphatic carbocycles. The Morgan fingerprint density at radius 2 is 1.86 bits per heavy atom. The zero-order valence-electron chi connectivity index (χ0n) is 13.2. The minimum absolute atomic E-state index is 0.0380. The number of carbonyl (C=O) groups is 1. The number of aryl methyl sites for hydroxylation is 3. The highest BCUT2D eigenvalue weighted by molar-refractivity contribution is 6.06. The number of benzene rings is 1. The van der Waals surface area contributed by atoms with Crippen LogP contribution in [0.3, 0.4) is 0 Å². The molecular formula is C17H21N3O. The highest BCUT2D eigenvalue weighted by Gasteiger charge is 2.16. The number of nitrogens with zero attached hydrogens (tertiary/aromatic N) is 2. The van der Waals surface area contributed by atoms with E-state index in [1.165, 1.54) is 5.56 Å². The van der Waals surface area contributed by atoms with Crippen LogP contribution in [0.15, 0.2) is 30.3 Å². The van der Waals surface area contributed by atoms with E-state index < -0.39 is 0 Å².